The topological polar surface area (TPSA) is 134 Å². The summed E-state index contributed by atoms with van der Waals surface area (Å²) in [5.74, 6) is -1.07. The van der Waals surface area contributed by atoms with Crippen LogP contribution in [-0.2, 0) is 18.4 Å². The average molecular weight is 484 g/mol. The van der Waals surface area contributed by atoms with Gasteiger partial charge in [0.1, 0.15) is 6.54 Å². The van der Waals surface area contributed by atoms with E-state index in [-0.39, 0.29) is 24.0 Å². The van der Waals surface area contributed by atoms with Crippen LogP contribution in [0.1, 0.15) is 22.8 Å². The molecule has 3 amide bonds. The molecule has 1 aromatic heterocycles. The maximum atomic E-state index is 13.6. The second kappa shape index (κ2) is 9.48. The first-order valence-electron chi connectivity index (χ1n) is 10.4. The van der Waals surface area contributed by atoms with Crippen molar-refractivity contribution in [2.24, 2.45) is 7.05 Å². The van der Waals surface area contributed by atoms with Crippen LogP contribution in [0.2, 0.25) is 5.02 Å². The van der Waals surface area contributed by atoms with Crippen molar-refractivity contribution in [2.45, 2.75) is 19.5 Å². The van der Waals surface area contributed by atoms with Crippen LogP contribution in [0.3, 0.4) is 0 Å². The van der Waals surface area contributed by atoms with Gasteiger partial charge in [0.2, 0.25) is 5.82 Å². The number of amides is 3. The predicted octanol–water partition coefficient (Wildman–Crippen LogP) is 2.18. The molecule has 0 bridgehead atoms. The van der Waals surface area contributed by atoms with Crippen LogP contribution in [0.25, 0.3) is 11.4 Å². The Bertz CT molecular complexity index is 1260. The summed E-state index contributed by atoms with van der Waals surface area (Å²) in [6.07, 6.45) is 0. The minimum atomic E-state index is -1.14. The van der Waals surface area contributed by atoms with Crippen molar-refractivity contribution in [3.05, 3.63) is 58.6 Å². The Morgan fingerprint density at radius 2 is 1.97 bits per heavy atom. The van der Waals surface area contributed by atoms with E-state index in [9.17, 15) is 14.4 Å². The van der Waals surface area contributed by atoms with E-state index in [1.165, 1.54) is 9.70 Å². The minimum Gasteiger partial charge on any atom is -0.480 e. The zero-order valence-electron chi connectivity index (χ0n) is 18.5. The number of benzene rings is 2. The van der Waals surface area contributed by atoms with E-state index in [2.05, 4.69) is 20.7 Å². The van der Waals surface area contributed by atoms with Gasteiger partial charge in [-0.2, -0.15) is 4.80 Å². The average Bonchev–Trinajstić information content (AvgIpc) is 3.18. The van der Waals surface area contributed by atoms with E-state index in [4.69, 9.17) is 16.7 Å². The number of aryl methyl sites for hydroxylation is 1. The molecule has 1 aliphatic rings. The maximum absolute atomic E-state index is 13.6. The van der Waals surface area contributed by atoms with Crippen LogP contribution in [-0.4, -0.2) is 67.3 Å². The molecule has 4 rings (SSSR count). The molecule has 12 heteroatoms. The zero-order valence-corrected chi connectivity index (χ0v) is 19.2. The van der Waals surface area contributed by atoms with Gasteiger partial charge < -0.3 is 20.2 Å². The lowest BCUT2D eigenvalue weighted by atomic mass is 10.1. The smallest absolute Gasteiger partial charge is 0.323 e. The molecular weight excluding hydrogens is 462 g/mol. The highest BCUT2D eigenvalue weighted by Crippen LogP contribution is 2.31. The van der Waals surface area contributed by atoms with Gasteiger partial charge in [0.25, 0.3) is 5.91 Å². The third-order valence-corrected chi connectivity index (χ3v) is 5.78. The highest BCUT2D eigenvalue weighted by molar-refractivity contribution is 6.34. The van der Waals surface area contributed by atoms with E-state index < -0.39 is 24.6 Å². The zero-order chi connectivity index (χ0) is 24.4. The Hall–Kier alpha value is -3.99. The molecule has 1 atom stereocenters. The number of rotatable bonds is 4. The summed E-state index contributed by atoms with van der Waals surface area (Å²) in [6, 6.07) is 11.3. The predicted molar refractivity (Wildman–Crippen MR) is 123 cm³/mol. The van der Waals surface area contributed by atoms with E-state index in [0.29, 0.717) is 22.6 Å². The van der Waals surface area contributed by atoms with Crippen LogP contribution in [0.4, 0.5) is 10.5 Å². The van der Waals surface area contributed by atoms with E-state index in [1.807, 2.05) is 24.3 Å². The molecule has 3 aromatic rings. The number of tetrazole rings is 1. The number of urea groups is 1. The number of carboxylic acid groups (broad SMARTS) is 1. The molecular formula is C22H22ClN7O4. The Labute approximate surface area is 199 Å². The summed E-state index contributed by atoms with van der Waals surface area (Å²) in [5, 5.41) is 23.4. The summed E-state index contributed by atoms with van der Waals surface area (Å²) >= 11 is 6.49. The molecule has 176 valence electrons. The number of carbonyl (C=O) groups is 3. The second-order valence-electron chi connectivity index (χ2n) is 7.87. The number of fused-ring (bicyclic) bond motifs is 1. The van der Waals surface area contributed by atoms with E-state index in [0.717, 1.165) is 5.56 Å². The third-order valence-electron chi connectivity index (χ3n) is 5.46. The van der Waals surface area contributed by atoms with Crippen LogP contribution >= 0.6 is 11.6 Å². The van der Waals surface area contributed by atoms with Gasteiger partial charge in [-0.15, -0.1) is 10.2 Å². The number of aliphatic carboxylic acids is 1. The molecule has 1 aliphatic heterocycles. The van der Waals surface area contributed by atoms with Crippen molar-refractivity contribution in [3.63, 3.8) is 0 Å². The second-order valence-corrected chi connectivity index (χ2v) is 8.28. The molecule has 0 saturated heterocycles. The van der Waals surface area contributed by atoms with Crippen LogP contribution in [0.5, 0.6) is 0 Å². The molecule has 0 radical (unpaired) electrons. The van der Waals surface area contributed by atoms with E-state index >= 15 is 0 Å². The van der Waals surface area contributed by atoms with Gasteiger partial charge in [0.15, 0.2) is 0 Å². The standard InChI is InChI=1S/C22H22ClN7O4/c1-13-11-30(18-6-4-3-5-15(18)12-29(13)22(34)24-10-19(31)32)21(33)16-8-7-14(9-17(16)23)20-25-27-28(2)26-20/h3-9,13H,10-12H2,1-2H3,(H,24,34)(H,31,32)/t13-/m1/s1. The van der Waals surface area contributed by atoms with Crippen molar-refractivity contribution in [1.29, 1.82) is 0 Å². The van der Waals surface area contributed by atoms with Gasteiger partial charge in [-0.3, -0.25) is 9.59 Å². The summed E-state index contributed by atoms with van der Waals surface area (Å²) in [7, 11) is 1.65. The quantitative estimate of drug-likeness (QED) is 0.580. The number of anilines is 1. The van der Waals surface area contributed by atoms with Crippen molar-refractivity contribution in [1.82, 2.24) is 30.4 Å². The first-order valence-corrected chi connectivity index (χ1v) is 10.8. The van der Waals surface area contributed by atoms with E-state index in [1.54, 1.807) is 37.1 Å². The third kappa shape index (κ3) is 4.69. The van der Waals surface area contributed by atoms with Gasteiger partial charge in [0.05, 0.1) is 17.6 Å². The molecule has 0 saturated carbocycles. The monoisotopic (exact) mass is 483 g/mol. The Morgan fingerprint density at radius 1 is 1.21 bits per heavy atom. The summed E-state index contributed by atoms with van der Waals surface area (Å²) < 4.78 is 0. The molecule has 0 unspecified atom stereocenters. The van der Waals surface area contributed by atoms with Gasteiger partial charge in [-0.1, -0.05) is 35.9 Å². The van der Waals surface area contributed by atoms with Crippen molar-refractivity contribution in [3.8, 4) is 11.4 Å². The minimum absolute atomic E-state index is 0.195. The van der Waals surface area contributed by atoms with Crippen LogP contribution in [0.15, 0.2) is 42.5 Å². The maximum Gasteiger partial charge on any atom is 0.323 e. The first-order chi connectivity index (χ1) is 16.2. The molecule has 34 heavy (non-hydrogen) atoms. The van der Waals surface area contributed by atoms with Gasteiger partial charge in [-0.05, 0) is 35.9 Å². The molecule has 0 aliphatic carbocycles. The van der Waals surface area contributed by atoms with Gasteiger partial charge in [0, 0.05) is 30.4 Å². The summed E-state index contributed by atoms with van der Waals surface area (Å²) in [5.41, 5.74) is 2.33. The summed E-state index contributed by atoms with van der Waals surface area (Å²) in [6.45, 7) is 1.73. The van der Waals surface area contributed by atoms with Crippen LogP contribution in [0, 0.1) is 0 Å². The number of para-hydroxylation sites is 1. The highest BCUT2D eigenvalue weighted by atomic mass is 35.5. The highest BCUT2D eigenvalue weighted by Gasteiger charge is 2.32. The number of aromatic nitrogens is 4. The Kier molecular flexibility index (Phi) is 6.46. The number of carboxylic acids is 1. The Morgan fingerprint density at radius 3 is 2.65 bits per heavy atom. The lowest BCUT2D eigenvalue weighted by molar-refractivity contribution is -0.135. The van der Waals surface area contributed by atoms with Crippen molar-refractivity contribution < 1.29 is 19.5 Å². The molecule has 2 N–H and O–H groups in total. The number of hydrogen-bond acceptors (Lipinski definition) is 6. The lowest BCUT2D eigenvalue weighted by Crippen LogP contribution is -2.49. The SMILES string of the molecule is C[C@@H]1CN(C(=O)c2ccc(-c3nnn(C)n3)cc2Cl)c2ccccc2CN1C(=O)NCC(=O)O. The number of nitrogens with one attached hydrogen (secondary N) is 1. The van der Waals surface area contributed by atoms with Crippen LogP contribution < -0.4 is 10.2 Å². The van der Waals surface area contributed by atoms with Gasteiger partial charge in [-0.25, -0.2) is 4.79 Å². The molecule has 0 spiro atoms. The number of halogens is 1. The summed E-state index contributed by atoms with van der Waals surface area (Å²) in [4.78, 5) is 41.6. The fourth-order valence-electron chi connectivity index (χ4n) is 3.80. The fraction of sp³-hybridized carbons (Fsp3) is 0.273. The normalized spacial score (nSPS) is 15.4. The molecule has 11 nitrogen and oxygen atoms in total. The number of nitrogens with zero attached hydrogens (tertiary/aromatic N) is 6. The van der Waals surface area contributed by atoms with Crippen molar-refractivity contribution in [2.75, 3.05) is 18.0 Å². The number of carbonyl (C=O) groups excluding carboxylic acids is 2. The largest absolute Gasteiger partial charge is 0.480 e. The molecule has 2 heterocycles. The Balaban J connectivity index is 1.64. The molecule has 0 fully saturated rings. The first kappa shape index (κ1) is 23.2. The molecule has 2 aromatic carbocycles. The lowest BCUT2D eigenvalue weighted by Gasteiger charge is -2.29. The van der Waals surface area contributed by atoms with Gasteiger partial charge >= 0.3 is 12.0 Å². The number of hydrogen-bond donors (Lipinski definition) is 2. The van der Waals surface area contributed by atoms with Crippen molar-refractivity contribution >= 4 is 35.2 Å². The fourth-order valence-corrected chi connectivity index (χ4v) is 4.06.